The summed E-state index contributed by atoms with van der Waals surface area (Å²) in [5, 5.41) is 3.86. The van der Waals surface area contributed by atoms with Crippen molar-refractivity contribution in [3.05, 3.63) is 53.5 Å². The third-order valence-corrected chi connectivity index (χ3v) is 6.29. The molecular formula is C20H21N5O5S. The first-order chi connectivity index (χ1) is 14.8. The van der Waals surface area contributed by atoms with E-state index in [1.807, 2.05) is 6.92 Å². The molecule has 31 heavy (non-hydrogen) atoms. The van der Waals surface area contributed by atoms with Crippen LogP contribution in [0.25, 0.3) is 11.4 Å². The maximum absolute atomic E-state index is 12.9. The number of ether oxygens (including phenoxy) is 1. The Morgan fingerprint density at radius 2 is 1.90 bits per heavy atom. The number of nitrogens with one attached hydrogen (secondary N) is 1. The molecule has 1 amide bonds. The summed E-state index contributed by atoms with van der Waals surface area (Å²) in [7, 11) is -3.91. The van der Waals surface area contributed by atoms with Gasteiger partial charge in [0.2, 0.25) is 5.82 Å². The van der Waals surface area contributed by atoms with Crippen LogP contribution in [0.4, 0.5) is 5.82 Å². The van der Waals surface area contributed by atoms with Crippen LogP contribution in [0.1, 0.15) is 21.8 Å². The number of aryl methyl sites for hydroxylation is 2. The number of hydrogen-bond donors (Lipinski definition) is 1. The molecule has 0 atom stereocenters. The van der Waals surface area contributed by atoms with Gasteiger partial charge in [-0.1, -0.05) is 17.3 Å². The highest BCUT2D eigenvalue weighted by Gasteiger charge is 2.25. The Kier molecular flexibility index (Phi) is 5.70. The van der Waals surface area contributed by atoms with E-state index >= 15 is 0 Å². The first-order valence-electron chi connectivity index (χ1n) is 9.61. The van der Waals surface area contributed by atoms with Crippen LogP contribution in [0.2, 0.25) is 0 Å². The number of nitrogens with zero attached hydrogens (tertiary/aromatic N) is 4. The summed E-state index contributed by atoms with van der Waals surface area (Å²) in [5.74, 6) is -0.178. The van der Waals surface area contributed by atoms with Crippen LogP contribution in [-0.2, 0) is 14.8 Å². The molecule has 0 spiro atoms. The molecule has 10 nitrogen and oxygen atoms in total. The first-order valence-corrected chi connectivity index (χ1v) is 11.1. The predicted octanol–water partition coefficient (Wildman–Crippen LogP) is 2.02. The van der Waals surface area contributed by atoms with E-state index in [1.165, 1.54) is 12.3 Å². The van der Waals surface area contributed by atoms with Crippen molar-refractivity contribution in [1.82, 2.24) is 20.0 Å². The van der Waals surface area contributed by atoms with E-state index in [-0.39, 0.29) is 28.3 Å². The highest BCUT2D eigenvalue weighted by molar-refractivity contribution is 7.92. The summed E-state index contributed by atoms with van der Waals surface area (Å²) in [6.07, 6.45) is 1.53. The van der Waals surface area contributed by atoms with Crippen molar-refractivity contribution in [3.63, 3.8) is 0 Å². The minimum atomic E-state index is -3.91. The smallest absolute Gasteiger partial charge is 0.316 e. The average molecular weight is 443 g/mol. The van der Waals surface area contributed by atoms with E-state index in [4.69, 9.17) is 9.26 Å². The number of benzene rings is 1. The average Bonchev–Trinajstić information content (AvgIpc) is 3.24. The zero-order valence-corrected chi connectivity index (χ0v) is 17.8. The monoisotopic (exact) mass is 443 g/mol. The largest absolute Gasteiger partial charge is 0.378 e. The van der Waals surface area contributed by atoms with E-state index in [2.05, 4.69) is 19.8 Å². The van der Waals surface area contributed by atoms with E-state index < -0.39 is 10.0 Å². The standard InChI is InChI=1S/C20H21N5O5S/c1-13-5-6-21-17(11-13)24-31(27,28)16-12-15(4-3-14(16)2)18-22-19(30-23-18)20(26)25-7-9-29-10-8-25/h3-6,11-12H,7-10H2,1-2H3,(H,21,24). The summed E-state index contributed by atoms with van der Waals surface area (Å²) in [4.78, 5) is 22.4. The number of amides is 1. The van der Waals surface area contributed by atoms with Gasteiger partial charge in [0.25, 0.3) is 10.0 Å². The molecule has 1 aromatic carbocycles. The number of pyridine rings is 1. The van der Waals surface area contributed by atoms with Crippen molar-refractivity contribution in [3.8, 4) is 11.4 Å². The first kappa shape index (κ1) is 20.9. The maximum atomic E-state index is 12.9. The molecule has 2 aromatic heterocycles. The Hall–Kier alpha value is -3.31. The quantitative estimate of drug-likeness (QED) is 0.634. The lowest BCUT2D eigenvalue weighted by Crippen LogP contribution is -2.40. The van der Waals surface area contributed by atoms with Crippen molar-refractivity contribution in [2.45, 2.75) is 18.7 Å². The second-order valence-electron chi connectivity index (χ2n) is 7.13. The van der Waals surface area contributed by atoms with Crippen molar-refractivity contribution in [2.75, 3.05) is 31.0 Å². The number of aromatic nitrogens is 3. The summed E-state index contributed by atoms with van der Waals surface area (Å²) in [6, 6.07) is 8.18. The molecule has 1 N–H and O–H groups in total. The Morgan fingerprint density at radius 1 is 1.13 bits per heavy atom. The molecule has 0 bridgehead atoms. The molecule has 0 unspecified atom stereocenters. The molecule has 3 heterocycles. The minimum Gasteiger partial charge on any atom is -0.378 e. The summed E-state index contributed by atoms with van der Waals surface area (Å²) >= 11 is 0. The molecule has 162 valence electrons. The number of morpholine rings is 1. The topological polar surface area (TPSA) is 128 Å². The van der Waals surface area contributed by atoms with E-state index in [9.17, 15) is 13.2 Å². The van der Waals surface area contributed by atoms with Crippen molar-refractivity contribution in [2.24, 2.45) is 0 Å². The van der Waals surface area contributed by atoms with Gasteiger partial charge in [0, 0.05) is 24.8 Å². The summed E-state index contributed by atoms with van der Waals surface area (Å²) in [6.45, 7) is 5.33. The number of anilines is 1. The lowest BCUT2D eigenvalue weighted by Gasteiger charge is -2.25. The molecule has 0 saturated carbocycles. The van der Waals surface area contributed by atoms with Gasteiger partial charge in [-0.2, -0.15) is 4.98 Å². The van der Waals surface area contributed by atoms with Crippen LogP contribution in [-0.4, -0.2) is 60.7 Å². The van der Waals surface area contributed by atoms with Crippen LogP contribution >= 0.6 is 0 Å². The van der Waals surface area contributed by atoms with E-state index in [0.717, 1.165) is 5.56 Å². The van der Waals surface area contributed by atoms with Gasteiger partial charge in [-0.05, 0) is 43.2 Å². The maximum Gasteiger partial charge on any atom is 0.316 e. The van der Waals surface area contributed by atoms with Crippen molar-refractivity contribution in [1.29, 1.82) is 0 Å². The fourth-order valence-corrected chi connectivity index (χ4v) is 4.41. The Bertz CT molecular complexity index is 1220. The number of sulfonamides is 1. The summed E-state index contributed by atoms with van der Waals surface area (Å²) < 4.78 is 38.8. The van der Waals surface area contributed by atoms with Gasteiger partial charge in [-0.15, -0.1) is 0 Å². The van der Waals surface area contributed by atoms with Crippen molar-refractivity contribution >= 4 is 21.7 Å². The minimum absolute atomic E-state index is 0.0548. The molecule has 1 aliphatic heterocycles. The molecule has 1 saturated heterocycles. The molecule has 3 aromatic rings. The van der Waals surface area contributed by atoms with Gasteiger partial charge >= 0.3 is 11.8 Å². The normalized spacial score (nSPS) is 14.5. The van der Waals surface area contributed by atoms with Crippen LogP contribution in [0, 0.1) is 13.8 Å². The van der Waals surface area contributed by atoms with Gasteiger partial charge < -0.3 is 14.2 Å². The molecule has 1 fully saturated rings. The number of carbonyl (C=O) groups excluding carboxylic acids is 1. The van der Waals surface area contributed by atoms with E-state index in [1.54, 1.807) is 36.1 Å². The Balaban J connectivity index is 1.61. The SMILES string of the molecule is Cc1ccnc(NS(=O)(=O)c2cc(-c3noc(C(=O)N4CCOCC4)n3)ccc2C)c1. The fourth-order valence-electron chi connectivity index (χ4n) is 3.14. The zero-order valence-electron chi connectivity index (χ0n) is 17.0. The molecule has 11 heteroatoms. The lowest BCUT2D eigenvalue weighted by atomic mass is 10.1. The van der Waals surface area contributed by atoms with Gasteiger partial charge in [0.1, 0.15) is 5.82 Å². The fraction of sp³-hybridized carbons (Fsp3) is 0.300. The lowest BCUT2D eigenvalue weighted by molar-refractivity contribution is 0.0272. The van der Waals surface area contributed by atoms with Crippen molar-refractivity contribution < 1.29 is 22.5 Å². The van der Waals surface area contributed by atoms with Crippen LogP contribution < -0.4 is 4.72 Å². The second-order valence-corrected chi connectivity index (χ2v) is 8.78. The summed E-state index contributed by atoms with van der Waals surface area (Å²) in [5.41, 5.74) is 1.83. The van der Waals surface area contributed by atoms with Gasteiger partial charge in [0.05, 0.1) is 18.1 Å². The zero-order chi connectivity index (χ0) is 22.0. The van der Waals surface area contributed by atoms with Gasteiger partial charge in [-0.25, -0.2) is 13.4 Å². The van der Waals surface area contributed by atoms with Gasteiger partial charge in [0.15, 0.2) is 0 Å². The molecule has 1 aliphatic rings. The van der Waals surface area contributed by atoms with E-state index in [0.29, 0.717) is 37.4 Å². The highest BCUT2D eigenvalue weighted by atomic mass is 32.2. The second kappa shape index (κ2) is 8.44. The number of hydrogen-bond acceptors (Lipinski definition) is 8. The number of rotatable bonds is 5. The van der Waals surface area contributed by atoms with Gasteiger partial charge in [-0.3, -0.25) is 9.52 Å². The molecule has 0 aliphatic carbocycles. The third kappa shape index (κ3) is 4.57. The molecular weight excluding hydrogens is 422 g/mol. The molecule has 0 radical (unpaired) electrons. The molecule has 4 rings (SSSR count). The van der Waals surface area contributed by atoms with Crippen LogP contribution in [0.3, 0.4) is 0 Å². The number of carbonyl (C=O) groups is 1. The highest BCUT2D eigenvalue weighted by Crippen LogP contribution is 2.25. The van der Waals surface area contributed by atoms with Crippen LogP contribution in [0.15, 0.2) is 45.9 Å². The van der Waals surface area contributed by atoms with Crippen LogP contribution in [0.5, 0.6) is 0 Å². The Morgan fingerprint density at radius 3 is 2.65 bits per heavy atom. The Labute approximate surface area is 179 Å². The predicted molar refractivity (Wildman–Crippen MR) is 111 cm³/mol. The third-order valence-electron chi connectivity index (χ3n) is 4.80.